The Morgan fingerprint density at radius 1 is 1.43 bits per heavy atom. The van der Waals surface area contributed by atoms with E-state index in [4.69, 9.17) is 5.11 Å². The zero-order valence-electron chi connectivity index (χ0n) is 13.0. The summed E-state index contributed by atoms with van der Waals surface area (Å²) < 4.78 is 0. The van der Waals surface area contributed by atoms with Gasteiger partial charge in [-0.25, -0.2) is 0 Å². The largest absolute Gasteiger partial charge is 0.395 e. The standard InChI is InChI=1S/C15H25N3O3/c1-4-8-16-15-13(6-5-7-14(15)18(20)21)11-17(9-10-19)12(2)3/h5-7,12,16,19H,4,8-11H2,1-3H3. The topological polar surface area (TPSA) is 78.6 Å². The van der Waals surface area contributed by atoms with Crippen LogP contribution in [0, 0.1) is 10.1 Å². The molecule has 1 aromatic rings. The lowest BCUT2D eigenvalue weighted by atomic mass is 10.1. The number of anilines is 1. The smallest absolute Gasteiger partial charge is 0.292 e. The first-order valence-corrected chi connectivity index (χ1v) is 7.36. The average molecular weight is 295 g/mol. The Hall–Kier alpha value is -1.66. The van der Waals surface area contributed by atoms with E-state index < -0.39 is 0 Å². The molecule has 1 aromatic carbocycles. The molecule has 0 saturated heterocycles. The number of hydrogen-bond donors (Lipinski definition) is 2. The van der Waals surface area contributed by atoms with Gasteiger partial charge in [0.15, 0.2) is 0 Å². The van der Waals surface area contributed by atoms with Crippen molar-refractivity contribution in [2.75, 3.05) is 25.0 Å². The molecule has 0 bridgehead atoms. The second kappa shape index (κ2) is 8.59. The van der Waals surface area contributed by atoms with E-state index in [2.05, 4.69) is 10.2 Å². The molecule has 0 spiro atoms. The van der Waals surface area contributed by atoms with E-state index >= 15 is 0 Å². The van der Waals surface area contributed by atoms with E-state index in [1.165, 1.54) is 6.07 Å². The van der Waals surface area contributed by atoms with Crippen molar-refractivity contribution in [2.24, 2.45) is 0 Å². The number of benzene rings is 1. The van der Waals surface area contributed by atoms with Gasteiger partial charge in [-0.2, -0.15) is 0 Å². The molecule has 0 unspecified atom stereocenters. The lowest BCUT2D eigenvalue weighted by Crippen LogP contribution is -2.33. The Labute approximate surface area is 125 Å². The van der Waals surface area contributed by atoms with Crippen molar-refractivity contribution < 1.29 is 10.0 Å². The molecule has 1 rings (SSSR count). The molecule has 0 saturated carbocycles. The Kier molecular flexibility index (Phi) is 7.11. The van der Waals surface area contributed by atoms with Crippen LogP contribution in [0.4, 0.5) is 11.4 Å². The first-order valence-electron chi connectivity index (χ1n) is 7.36. The third kappa shape index (κ3) is 4.99. The fourth-order valence-corrected chi connectivity index (χ4v) is 2.19. The number of nitrogens with one attached hydrogen (secondary N) is 1. The Balaban J connectivity index is 3.08. The summed E-state index contributed by atoms with van der Waals surface area (Å²) in [7, 11) is 0. The highest BCUT2D eigenvalue weighted by molar-refractivity contribution is 5.66. The van der Waals surface area contributed by atoms with Crippen LogP contribution >= 0.6 is 0 Å². The highest BCUT2D eigenvalue weighted by atomic mass is 16.6. The molecule has 0 atom stereocenters. The van der Waals surface area contributed by atoms with E-state index in [9.17, 15) is 10.1 Å². The van der Waals surface area contributed by atoms with Crippen LogP contribution in [-0.4, -0.2) is 40.7 Å². The first kappa shape index (κ1) is 17.4. The first-order chi connectivity index (χ1) is 10.0. The lowest BCUT2D eigenvalue weighted by molar-refractivity contribution is -0.384. The third-order valence-electron chi connectivity index (χ3n) is 3.37. The summed E-state index contributed by atoms with van der Waals surface area (Å²) in [6.07, 6.45) is 0.899. The number of nitrogens with zero attached hydrogens (tertiary/aromatic N) is 2. The molecule has 0 heterocycles. The molecule has 0 aromatic heterocycles. The fourth-order valence-electron chi connectivity index (χ4n) is 2.19. The minimum Gasteiger partial charge on any atom is -0.395 e. The number of aliphatic hydroxyl groups excluding tert-OH is 1. The van der Waals surface area contributed by atoms with Gasteiger partial charge < -0.3 is 10.4 Å². The minimum atomic E-state index is -0.354. The summed E-state index contributed by atoms with van der Waals surface area (Å²) in [5, 5.41) is 23.5. The second-order valence-corrected chi connectivity index (χ2v) is 5.28. The predicted molar refractivity (Wildman–Crippen MR) is 84.5 cm³/mol. The monoisotopic (exact) mass is 295 g/mol. The van der Waals surface area contributed by atoms with Gasteiger partial charge in [0.2, 0.25) is 0 Å². The molecule has 0 aliphatic carbocycles. The number of nitro groups is 1. The number of nitro benzene ring substituents is 1. The fraction of sp³-hybridized carbons (Fsp3) is 0.600. The second-order valence-electron chi connectivity index (χ2n) is 5.28. The Morgan fingerprint density at radius 2 is 2.14 bits per heavy atom. The molecule has 0 radical (unpaired) electrons. The van der Waals surface area contributed by atoms with Crippen LogP contribution in [0.15, 0.2) is 18.2 Å². The molecule has 21 heavy (non-hydrogen) atoms. The molecule has 2 N–H and O–H groups in total. The van der Waals surface area contributed by atoms with Gasteiger partial charge in [-0.1, -0.05) is 19.1 Å². The minimum absolute atomic E-state index is 0.0742. The maximum atomic E-state index is 11.2. The molecule has 0 aliphatic rings. The van der Waals surface area contributed by atoms with Crippen LogP contribution in [0.25, 0.3) is 0 Å². The van der Waals surface area contributed by atoms with Crippen molar-refractivity contribution in [2.45, 2.75) is 39.8 Å². The number of rotatable bonds is 9. The molecule has 6 heteroatoms. The van der Waals surface area contributed by atoms with Crippen LogP contribution in [0.5, 0.6) is 0 Å². The van der Waals surface area contributed by atoms with Gasteiger partial charge in [-0.15, -0.1) is 0 Å². The maximum Gasteiger partial charge on any atom is 0.292 e. The van der Waals surface area contributed by atoms with E-state index in [1.54, 1.807) is 6.07 Å². The summed E-state index contributed by atoms with van der Waals surface area (Å²) in [6, 6.07) is 5.39. The molecular formula is C15H25N3O3. The SMILES string of the molecule is CCCNc1c(CN(CCO)C(C)C)cccc1[N+](=O)[O-]. The van der Waals surface area contributed by atoms with Crippen molar-refractivity contribution in [3.63, 3.8) is 0 Å². The van der Waals surface area contributed by atoms with E-state index in [0.29, 0.717) is 25.3 Å². The quantitative estimate of drug-likeness (QED) is 0.541. The summed E-state index contributed by atoms with van der Waals surface area (Å²) in [5.41, 5.74) is 1.58. The molecule has 118 valence electrons. The van der Waals surface area contributed by atoms with Crippen molar-refractivity contribution in [1.29, 1.82) is 0 Å². The maximum absolute atomic E-state index is 11.2. The zero-order chi connectivity index (χ0) is 15.8. The van der Waals surface area contributed by atoms with E-state index in [0.717, 1.165) is 12.0 Å². The summed E-state index contributed by atoms with van der Waals surface area (Å²) in [5.74, 6) is 0. The van der Waals surface area contributed by atoms with Gasteiger partial charge in [0, 0.05) is 31.7 Å². The summed E-state index contributed by atoms with van der Waals surface area (Å²) in [4.78, 5) is 12.9. The highest BCUT2D eigenvalue weighted by Crippen LogP contribution is 2.29. The number of aliphatic hydroxyl groups is 1. The van der Waals surface area contributed by atoms with Crippen LogP contribution in [0.1, 0.15) is 32.8 Å². The molecular weight excluding hydrogens is 270 g/mol. The lowest BCUT2D eigenvalue weighted by Gasteiger charge is -2.26. The molecule has 6 nitrogen and oxygen atoms in total. The number of para-hydroxylation sites is 1. The molecule has 0 aliphatic heterocycles. The normalized spacial score (nSPS) is 11.1. The Bertz CT molecular complexity index is 463. The van der Waals surface area contributed by atoms with Crippen molar-refractivity contribution in [3.8, 4) is 0 Å². The van der Waals surface area contributed by atoms with Gasteiger partial charge in [0.05, 0.1) is 11.5 Å². The summed E-state index contributed by atoms with van der Waals surface area (Å²) >= 11 is 0. The van der Waals surface area contributed by atoms with Crippen molar-refractivity contribution in [3.05, 3.63) is 33.9 Å². The van der Waals surface area contributed by atoms with E-state index in [1.807, 2.05) is 26.8 Å². The Morgan fingerprint density at radius 3 is 2.67 bits per heavy atom. The zero-order valence-corrected chi connectivity index (χ0v) is 13.0. The van der Waals surface area contributed by atoms with Gasteiger partial charge in [-0.3, -0.25) is 15.0 Å². The van der Waals surface area contributed by atoms with E-state index in [-0.39, 0.29) is 23.3 Å². The number of hydrogen-bond acceptors (Lipinski definition) is 5. The van der Waals surface area contributed by atoms with Gasteiger partial charge >= 0.3 is 0 Å². The van der Waals surface area contributed by atoms with Crippen LogP contribution in [-0.2, 0) is 6.54 Å². The highest BCUT2D eigenvalue weighted by Gasteiger charge is 2.19. The van der Waals surface area contributed by atoms with Crippen LogP contribution < -0.4 is 5.32 Å². The average Bonchev–Trinajstić information content (AvgIpc) is 2.44. The predicted octanol–water partition coefficient (Wildman–Crippen LogP) is 2.62. The van der Waals surface area contributed by atoms with Crippen molar-refractivity contribution >= 4 is 11.4 Å². The van der Waals surface area contributed by atoms with Gasteiger partial charge in [-0.05, 0) is 25.8 Å². The molecule has 0 fully saturated rings. The van der Waals surface area contributed by atoms with Gasteiger partial charge in [0.1, 0.15) is 5.69 Å². The van der Waals surface area contributed by atoms with Gasteiger partial charge in [0.25, 0.3) is 5.69 Å². The summed E-state index contributed by atoms with van der Waals surface area (Å²) in [6.45, 7) is 8.01. The molecule has 0 amide bonds. The van der Waals surface area contributed by atoms with Crippen LogP contribution in [0.3, 0.4) is 0 Å². The third-order valence-corrected chi connectivity index (χ3v) is 3.37. The van der Waals surface area contributed by atoms with Crippen molar-refractivity contribution in [1.82, 2.24) is 4.90 Å². The van der Waals surface area contributed by atoms with Crippen LogP contribution in [0.2, 0.25) is 0 Å².